The highest BCUT2D eigenvalue weighted by Crippen LogP contribution is 2.28. The lowest BCUT2D eigenvalue weighted by Gasteiger charge is -2.08. The second kappa shape index (κ2) is 5.92. The first kappa shape index (κ1) is 13.7. The molecule has 6 nitrogen and oxygen atoms in total. The third kappa shape index (κ3) is 2.97. The molecule has 0 unspecified atom stereocenters. The first-order valence-electron chi connectivity index (χ1n) is 6.03. The number of nitrogens with one attached hydrogen (secondary N) is 1. The summed E-state index contributed by atoms with van der Waals surface area (Å²) < 4.78 is 5.19. The Kier molecular flexibility index (Phi) is 4.05. The van der Waals surface area contributed by atoms with E-state index in [-0.39, 0.29) is 11.3 Å². The van der Waals surface area contributed by atoms with Crippen LogP contribution in [-0.2, 0) is 0 Å². The van der Waals surface area contributed by atoms with Crippen molar-refractivity contribution in [3.8, 4) is 17.4 Å². The van der Waals surface area contributed by atoms with Gasteiger partial charge in [-0.15, -0.1) is 0 Å². The summed E-state index contributed by atoms with van der Waals surface area (Å²) in [5, 5.41) is 21.5. The first-order valence-corrected chi connectivity index (χ1v) is 6.03. The summed E-state index contributed by atoms with van der Waals surface area (Å²) in [7, 11) is 0. The molecule has 1 amide bonds. The van der Waals surface area contributed by atoms with E-state index in [0.29, 0.717) is 18.2 Å². The van der Waals surface area contributed by atoms with Gasteiger partial charge in [0.05, 0.1) is 24.1 Å². The zero-order chi connectivity index (χ0) is 14.5. The second-order valence-electron chi connectivity index (χ2n) is 3.95. The van der Waals surface area contributed by atoms with Gasteiger partial charge in [-0.2, -0.15) is 0 Å². The standard InChI is InChI=1S/C14H14N2O4/c1-2-20-12-7-6-9(8-15-12)16-14(19)10-4-3-5-11(17)13(10)18/h3-8,17-18H,2H2,1H3,(H,16,19). The zero-order valence-electron chi connectivity index (χ0n) is 10.8. The second-order valence-corrected chi connectivity index (χ2v) is 3.95. The van der Waals surface area contributed by atoms with Gasteiger partial charge >= 0.3 is 0 Å². The molecule has 0 saturated carbocycles. The number of rotatable bonds is 4. The molecule has 3 N–H and O–H groups in total. The van der Waals surface area contributed by atoms with Crippen molar-refractivity contribution in [2.24, 2.45) is 0 Å². The molecule has 1 aromatic carbocycles. The maximum Gasteiger partial charge on any atom is 0.259 e. The van der Waals surface area contributed by atoms with Crippen LogP contribution in [0.5, 0.6) is 17.4 Å². The molecule has 0 fully saturated rings. The van der Waals surface area contributed by atoms with Gasteiger partial charge in [-0.05, 0) is 25.1 Å². The maximum atomic E-state index is 12.0. The topological polar surface area (TPSA) is 91.7 Å². The predicted octanol–water partition coefficient (Wildman–Crippen LogP) is 2.14. The molecular weight excluding hydrogens is 260 g/mol. The van der Waals surface area contributed by atoms with Gasteiger partial charge in [-0.25, -0.2) is 4.98 Å². The van der Waals surface area contributed by atoms with Crippen LogP contribution in [0.15, 0.2) is 36.5 Å². The van der Waals surface area contributed by atoms with E-state index in [4.69, 9.17) is 4.74 Å². The summed E-state index contributed by atoms with van der Waals surface area (Å²) in [4.78, 5) is 16.0. The van der Waals surface area contributed by atoms with Gasteiger partial charge in [0.25, 0.3) is 5.91 Å². The van der Waals surface area contributed by atoms with E-state index in [1.807, 2.05) is 6.92 Å². The van der Waals surface area contributed by atoms with Gasteiger partial charge in [0, 0.05) is 6.07 Å². The summed E-state index contributed by atoms with van der Waals surface area (Å²) in [6.07, 6.45) is 1.45. The third-order valence-electron chi connectivity index (χ3n) is 2.55. The van der Waals surface area contributed by atoms with Crippen molar-refractivity contribution in [2.45, 2.75) is 6.92 Å². The highest BCUT2D eigenvalue weighted by molar-refractivity contribution is 6.06. The Morgan fingerprint density at radius 1 is 1.30 bits per heavy atom. The molecule has 0 atom stereocenters. The van der Waals surface area contributed by atoms with Crippen LogP contribution >= 0.6 is 0 Å². The average molecular weight is 274 g/mol. The first-order chi connectivity index (χ1) is 9.61. The summed E-state index contributed by atoms with van der Waals surface area (Å²) in [5.74, 6) is -0.874. The quantitative estimate of drug-likeness (QED) is 0.743. The smallest absolute Gasteiger partial charge is 0.259 e. The number of hydrogen-bond acceptors (Lipinski definition) is 5. The number of nitrogens with zero attached hydrogens (tertiary/aromatic N) is 1. The van der Waals surface area contributed by atoms with Gasteiger partial charge < -0.3 is 20.3 Å². The monoisotopic (exact) mass is 274 g/mol. The minimum atomic E-state index is -0.538. The molecule has 104 valence electrons. The molecular formula is C14H14N2O4. The lowest BCUT2D eigenvalue weighted by atomic mass is 10.1. The highest BCUT2D eigenvalue weighted by Gasteiger charge is 2.14. The fraction of sp³-hybridized carbons (Fsp3) is 0.143. The van der Waals surface area contributed by atoms with Crippen molar-refractivity contribution in [1.29, 1.82) is 0 Å². The molecule has 0 saturated heterocycles. The average Bonchev–Trinajstić information content (AvgIpc) is 2.44. The number of ether oxygens (including phenoxy) is 1. The summed E-state index contributed by atoms with van der Waals surface area (Å²) in [6.45, 7) is 2.36. The van der Waals surface area contributed by atoms with Crippen LogP contribution in [0.3, 0.4) is 0 Å². The van der Waals surface area contributed by atoms with E-state index >= 15 is 0 Å². The number of benzene rings is 1. The van der Waals surface area contributed by atoms with Crippen molar-refractivity contribution in [1.82, 2.24) is 4.98 Å². The summed E-state index contributed by atoms with van der Waals surface area (Å²) >= 11 is 0. The third-order valence-corrected chi connectivity index (χ3v) is 2.55. The van der Waals surface area contributed by atoms with Gasteiger partial charge in [-0.1, -0.05) is 6.07 Å². The number of amides is 1. The van der Waals surface area contributed by atoms with Crippen molar-refractivity contribution in [3.63, 3.8) is 0 Å². The van der Waals surface area contributed by atoms with E-state index in [0.717, 1.165) is 0 Å². The summed E-state index contributed by atoms with van der Waals surface area (Å²) in [6, 6.07) is 7.44. The lowest BCUT2D eigenvalue weighted by Crippen LogP contribution is -2.12. The van der Waals surface area contributed by atoms with Crippen LogP contribution in [0, 0.1) is 0 Å². The van der Waals surface area contributed by atoms with Gasteiger partial charge in [0.1, 0.15) is 0 Å². The number of carbonyl (C=O) groups is 1. The van der Waals surface area contributed by atoms with Crippen molar-refractivity contribution < 1.29 is 19.7 Å². The van der Waals surface area contributed by atoms with E-state index in [1.165, 1.54) is 24.4 Å². The fourth-order valence-corrected chi connectivity index (χ4v) is 1.60. The van der Waals surface area contributed by atoms with Crippen LogP contribution in [-0.4, -0.2) is 27.7 Å². The fourth-order valence-electron chi connectivity index (χ4n) is 1.60. The maximum absolute atomic E-state index is 12.0. The molecule has 0 aliphatic carbocycles. The van der Waals surface area contributed by atoms with E-state index < -0.39 is 11.7 Å². The number of hydrogen-bond donors (Lipinski definition) is 3. The number of pyridine rings is 1. The Bertz CT molecular complexity index is 611. The Morgan fingerprint density at radius 2 is 2.10 bits per heavy atom. The summed E-state index contributed by atoms with van der Waals surface area (Å²) in [5.41, 5.74) is 0.445. The molecule has 2 aromatic rings. The molecule has 0 aliphatic heterocycles. The normalized spacial score (nSPS) is 10.1. The minimum Gasteiger partial charge on any atom is -0.504 e. The Balaban J connectivity index is 2.13. The van der Waals surface area contributed by atoms with Crippen molar-refractivity contribution >= 4 is 11.6 Å². The Hall–Kier alpha value is -2.76. The Labute approximate surface area is 115 Å². The number of aromatic hydroxyl groups is 2. The molecule has 0 aliphatic rings. The molecule has 1 heterocycles. The highest BCUT2D eigenvalue weighted by atomic mass is 16.5. The molecule has 20 heavy (non-hydrogen) atoms. The number of para-hydroxylation sites is 1. The molecule has 0 bridgehead atoms. The number of anilines is 1. The molecule has 0 radical (unpaired) electrons. The van der Waals surface area contributed by atoms with E-state index in [9.17, 15) is 15.0 Å². The van der Waals surface area contributed by atoms with Crippen molar-refractivity contribution in [2.75, 3.05) is 11.9 Å². The van der Waals surface area contributed by atoms with Crippen LogP contribution in [0.1, 0.15) is 17.3 Å². The van der Waals surface area contributed by atoms with Crippen molar-refractivity contribution in [3.05, 3.63) is 42.1 Å². The predicted molar refractivity (Wildman–Crippen MR) is 73.1 cm³/mol. The lowest BCUT2D eigenvalue weighted by molar-refractivity contribution is 0.102. The van der Waals surface area contributed by atoms with Gasteiger partial charge in [0.2, 0.25) is 5.88 Å². The number of phenols is 2. The van der Waals surface area contributed by atoms with Crippen LogP contribution in [0.2, 0.25) is 0 Å². The van der Waals surface area contributed by atoms with Gasteiger partial charge in [0.15, 0.2) is 11.5 Å². The SMILES string of the molecule is CCOc1ccc(NC(=O)c2cccc(O)c2O)cn1. The van der Waals surface area contributed by atoms with E-state index in [2.05, 4.69) is 10.3 Å². The van der Waals surface area contributed by atoms with Crippen LogP contribution < -0.4 is 10.1 Å². The minimum absolute atomic E-state index is 0.0149. The zero-order valence-corrected chi connectivity index (χ0v) is 10.8. The number of aromatic nitrogens is 1. The van der Waals surface area contributed by atoms with E-state index in [1.54, 1.807) is 12.1 Å². The molecule has 0 spiro atoms. The van der Waals surface area contributed by atoms with Gasteiger partial charge in [-0.3, -0.25) is 4.79 Å². The molecule has 1 aromatic heterocycles. The van der Waals surface area contributed by atoms with Crippen LogP contribution in [0.4, 0.5) is 5.69 Å². The number of phenolic OH excluding ortho intramolecular Hbond substituents is 2. The van der Waals surface area contributed by atoms with Crippen LogP contribution in [0.25, 0.3) is 0 Å². The Morgan fingerprint density at radius 3 is 2.75 bits per heavy atom. The molecule has 2 rings (SSSR count). The molecule has 6 heteroatoms. The number of carbonyl (C=O) groups excluding carboxylic acids is 1. The largest absolute Gasteiger partial charge is 0.504 e.